The van der Waals surface area contributed by atoms with Crippen LogP contribution in [-0.4, -0.2) is 36.3 Å². The Labute approximate surface area is 173 Å². The first kappa shape index (κ1) is 21.0. The zero-order valence-corrected chi connectivity index (χ0v) is 17.1. The average Bonchev–Trinajstić information content (AvgIpc) is 2.67. The average molecular weight is 431 g/mol. The van der Waals surface area contributed by atoms with E-state index in [-0.39, 0.29) is 10.5 Å². The number of rotatable bonds is 6. The normalized spacial score (nSPS) is 12.5. The van der Waals surface area contributed by atoms with Crippen molar-refractivity contribution in [3.05, 3.63) is 71.4 Å². The fourth-order valence-electron chi connectivity index (χ4n) is 3.00. The van der Waals surface area contributed by atoms with Gasteiger partial charge in [0.1, 0.15) is 0 Å². The fourth-order valence-corrected chi connectivity index (χ4v) is 4.61. The standard InChI is InChI=1S/C21H19ClN2O4S/c1-13(25)12-29(27,28)15-6-7-16(21(23)26)17(11-15)14-5-8-19(22)18(10-14)20-4-2-3-9-24-20/h2-11,13,25H,12H2,1H3,(H2,23,26). The lowest BCUT2D eigenvalue weighted by molar-refractivity contribution is 0.100. The van der Waals surface area contributed by atoms with Gasteiger partial charge < -0.3 is 10.8 Å². The van der Waals surface area contributed by atoms with E-state index in [1.807, 2.05) is 6.07 Å². The topological polar surface area (TPSA) is 110 Å². The predicted octanol–water partition coefficient (Wildman–Crippen LogP) is 3.32. The number of hydrogen-bond acceptors (Lipinski definition) is 5. The van der Waals surface area contributed by atoms with Crippen LogP contribution in [0.5, 0.6) is 0 Å². The molecule has 1 unspecified atom stereocenters. The van der Waals surface area contributed by atoms with Gasteiger partial charge in [0.25, 0.3) is 0 Å². The van der Waals surface area contributed by atoms with Crippen molar-refractivity contribution in [3.63, 3.8) is 0 Å². The molecule has 3 rings (SSSR count). The summed E-state index contributed by atoms with van der Waals surface area (Å²) in [5, 5.41) is 9.96. The summed E-state index contributed by atoms with van der Waals surface area (Å²) in [7, 11) is -3.74. The van der Waals surface area contributed by atoms with Gasteiger partial charge in [-0.25, -0.2) is 8.42 Å². The number of nitrogens with zero attached hydrogens (tertiary/aromatic N) is 1. The second kappa shape index (κ2) is 8.32. The Kier molecular flexibility index (Phi) is 6.02. The monoisotopic (exact) mass is 430 g/mol. The number of aliphatic hydroxyl groups is 1. The molecule has 0 bridgehead atoms. The van der Waals surface area contributed by atoms with Crippen molar-refractivity contribution >= 4 is 27.3 Å². The Bertz CT molecular complexity index is 1160. The lowest BCUT2D eigenvalue weighted by Gasteiger charge is -2.13. The molecule has 0 saturated carbocycles. The molecule has 29 heavy (non-hydrogen) atoms. The zero-order chi connectivity index (χ0) is 21.2. The van der Waals surface area contributed by atoms with Crippen LogP contribution < -0.4 is 5.73 Å². The minimum Gasteiger partial charge on any atom is -0.392 e. The predicted molar refractivity (Wildman–Crippen MR) is 112 cm³/mol. The Balaban J connectivity index is 2.19. The molecule has 0 aliphatic carbocycles. The molecule has 0 fully saturated rings. The van der Waals surface area contributed by atoms with Crippen LogP contribution >= 0.6 is 11.6 Å². The van der Waals surface area contributed by atoms with E-state index in [0.29, 0.717) is 27.4 Å². The molecule has 1 heterocycles. The highest BCUT2D eigenvalue weighted by atomic mass is 35.5. The second-order valence-electron chi connectivity index (χ2n) is 6.61. The van der Waals surface area contributed by atoms with Crippen molar-refractivity contribution in [2.75, 3.05) is 5.75 Å². The number of carbonyl (C=O) groups is 1. The molecule has 1 aromatic heterocycles. The number of nitrogens with two attached hydrogens (primary N) is 1. The number of halogens is 1. The third kappa shape index (κ3) is 4.64. The summed E-state index contributed by atoms with van der Waals surface area (Å²) in [6.07, 6.45) is 0.613. The van der Waals surface area contributed by atoms with Gasteiger partial charge in [0.05, 0.1) is 22.4 Å². The Morgan fingerprint density at radius 2 is 1.90 bits per heavy atom. The SMILES string of the molecule is CC(O)CS(=O)(=O)c1ccc(C(N)=O)c(-c2ccc(Cl)c(-c3ccccn3)c2)c1. The van der Waals surface area contributed by atoms with Gasteiger partial charge in [0.2, 0.25) is 5.91 Å². The molecular weight excluding hydrogens is 412 g/mol. The maximum absolute atomic E-state index is 12.5. The summed E-state index contributed by atoms with van der Waals surface area (Å²) in [6, 6.07) is 14.6. The number of sulfone groups is 1. The lowest BCUT2D eigenvalue weighted by Crippen LogP contribution is -2.18. The molecule has 2 aromatic carbocycles. The molecule has 0 spiro atoms. The number of aliphatic hydroxyl groups excluding tert-OH is 1. The van der Waals surface area contributed by atoms with Crippen molar-refractivity contribution in [1.29, 1.82) is 0 Å². The summed E-state index contributed by atoms with van der Waals surface area (Å²) in [5.41, 5.74) is 7.88. The minimum atomic E-state index is -3.74. The third-order valence-corrected chi connectivity index (χ3v) is 6.52. The van der Waals surface area contributed by atoms with Crippen LogP contribution in [0.4, 0.5) is 0 Å². The molecule has 0 aliphatic heterocycles. The molecule has 0 radical (unpaired) electrons. The minimum absolute atomic E-state index is 0.00673. The van der Waals surface area contributed by atoms with E-state index >= 15 is 0 Å². The van der Waals surface area contributed by atoms with Gasteiger partial charge in [-0.15, -0.1) is 0 Å². The van der Waals surface area contributed by atoms with Crippen LogP contribution in [0.25, 0.3) is 22.4 Å². The second-order valence-corrected chi connectivity index (χ2v) is 9.05. The summed E-state index contributed by atoms with van der Waals surface area (Å²) in [5.74, 6) is -1.11. The van der Waals surface area contributed by atoms with Crippen LogP contribution in [0.1, 0.15) is 17.3 Å². The van der Waals surface area contributed by atoms with Crippen LogP contribution in [0, 0.1) is 0 Å². The number of pyridine rings is 1. The molecule has 0 saturated heterocycles. The Morgan fingerprint density at radius 1 is 1.14 bits per heavy atom. The Morgan fingerprint density at radius 3 is 2.52 bits per heavy atom. The smallest absolute Gasteiger partial charge is 0.249 e. The van der Waals surface area contributed by atoms with Crippen LogP contribution in [0.15, 0.2) is 65.7 Å². The molecule has 1 atom stereocenters. The van der Waals surface area contributed by atoms with E-state index in [2.05, 4.69) is 4.98 Å². The van der Waals surface area contributed by atoms with Crippen molar-refractivity contribution in [3.8, 4) is 22.4 Å². The molecule has 1 amide bonds. The van der Waals surface area contributed by atoms with Crippen molar-refractivity contribution in [2.24, 2.45) is 5.73 Å². The number of carbonyl (C=O) groups excluding carboxylic acids is 1. The van der Waals surface area contributed by atoms with Crippen molar-refractivity contribution in [1.82, 2.24) is 4.98 Å². The molecular formula is C21H19ClN2O4S. The maximum Gasteiger partial charge on any atom is 0.249 e. The molecule has 0 aliphatic rings. The zero-order valence-electron chi connectivity index (χ0n) is 15.5. The molecule has 6 nitrogen and oxygen atoms in total. The van der Waals surface area contributed by atoms with Crippen LogP contribution in [0.3, 0.4) is 0 Å². The highest BCUT2D eigenvalue weighted by Crippen LogP contribution is 2.34. The van der Waals surface area contributed by atoms with E-state index in [0.717, 1.165) is 0 Å². The van der Waals surface area contributed by atoms with Gasteiger partial charge in [-0.2, -0.15) is 0 Å². The van der Waals surface area contributed by atoms with E-state index < -0.39 is 27.6 Å². The van der Waals surface area contributed by atoms with E-state index in [4.69, 9.17) is 17.3 Å². The van der Waals surface area contributed by atoms with Gasteiger partial charge >= 0.3 is 0 Å². The number of benzene rings is 2. The van der Waals surface area contributed by atoms with E-state index in [1.54, 1.807) is 36.5 Å². The first-order valence-electron chi connectivity index (χ1n) is 8.75. The van der Waals surface area contributed by atoms with Gasteiger partial charge in [0.15, 0.2) is 9.84 Å². The first-order valence-corrected chi connectivity index (χ1v) is 10.8. The molecule has 150 valence electrons. The summed E-state index contributed by atoms with van der Waals surface area (Å²) in [6.45, 7) is 1.40. The lowest BCUT2D eigenvalue weighted by atomic mass is 9.97. The van der Waals surface area contributed by atoms with Gasteiger partial charge in [-0.05, 0) is 60.5 Å². The van der Waals surface area contributed by atoms with E-state index in [1.165, 1.54) is 25.1 Å². The Hall–Kier alpha value is -2.74. The van der Waals surface area contributed by atoms with Gasteiger partial charge in [-0.3, -0.25) is 9.78 Å². The summed E-state index contributed by atoms with van der Waals surface area (Å²) < 4.78 is 25.1. The molecule has 8 heteroatoms. The van der Waals surface area contributed by atoms with E-state index in [9.17, 15) is 18.3 Å². The van der Waals surface area contributed by atoms with Gasteiger partial charge in [-0.1, -0.05) is 23.7 Å². The van der Waals surface area contributed by atoms with Crippen LogP contribution in [-0.2, 0) is 9.84 Å². The largest absolute Gasteiger partial charge is 0.392 e. The molecule has 3 N–H and O–H groups in total. The quantitative estimate of drug-likeness (QED) is 0.623. The van der Waals surface area contributed by atoms with Crippen molar-refractivity contribution in [2.45, 2.75) is 17.9 Å². The number of primary amides is 1. The number of hydrogen-bond donors (Lipinski definition) is 2. The first-order chi connectivity index (χ1) is 13.7. The summed E-state index contributed by atoms with van der Waals surface area (Å²) >= 11 is 6.33. The van der Waals surface area contributed by atoms with Crippen molar-refractivity contribution < 1.29 is 18.3 Å². The maximum atomic E-state index is 12.5. The molecule has 3 aromatic rings. The van der Waals surface area contributed by atoms with Gasteiger partial charge in [0, 0.05) is 22.3 Å². The number of amides is 1. The third-order valence-electron chi connectivity index (χ3n) is 4.29. The summed E-state index contributed by atoms with van der Waals surface area (Å²) in [4.78, 5) is 16.2. The van der Waals surface area contributed by atoms with Crippen LogP contribution in [0.2, 0.25) is 5.02 Å². The highest BCUT2D eigenvalue weighted by Gasteiger charge is 2.21. The number of aromatic nitrogens is 1. The fraction of sp³-hybridized carbons (Fsp3) is 0.143. The highest BCUT2D eigenvalue weighted by molar-refractivity contribution is 7.91.